The van der Waals surface area contributed by atoms with Gasteiger partial charge in [0.05, 0.1) is 12.2 Å². The predicted molar refractivity (Wildman–Crippen MR) is 87.4 cm³/mol. The average molecular weight is 300 g/mol. The second kappa shape index (κ2) is 8.43. The maximum atomic E-state index is 4.60. The van der Waals surface area contributed by atoms with Crippen LogP contribution in [0, 0.1) is 0 Å². The Morgan fingerprint density at radius 2 is 2.16 bits per heavy atom. The Morgan fingerprint density at radius 1 is 1.42 bits per heavy atom. The van der Waals surface area contributed by atoms with Crippen LogP contribution in [0.1, 0.15) is 37.4 Å². The van der Waals surface area contributed by atoms with Crippen molar-refractivity contribution < 1.29 is 0 Å². The van der Waals surface area contributed by atoms with E-state index in [0.29, 0.717) is 11.2 Å². The third kappa shape index (κ3) is 5.82. The van der Waals surface area contributed by atoms with E-state index >= 15 is 0 Å². The molecule has 108 valence electrons. The summed E-state index contributed by atoms with van der Waals surface area (Å²) >= 11 is 3.54. The largest absolute Gasteiger partial charge is 0.355 e. The lowest BCUT2D eigenvalue weighted by atomic mass is 10.2. The van der Waals surface area contributed by atoms with Gasteiger partial charge in [0.2, 0.25) is 0 Å². The molecule has 0 aromatic carbocycles. The quantitative estimate of drug-likeness (QED) is 0.626. The molecule has 0 radical (unpaired) electrons. The SMILES string of the molecule is CN=C(NCc1nc(C(C)C)cs1)NCC(C)SC. The van der Waals surface area contributed by atoms with Crippen LogP contribution in [0.15, 0.2) is 10.4 Å². The normalized spacial score (nSPS) is 13.7. The molecule has 0 amide bonds. The Bertz CT molecular complexity index is 401. The van der Waals surface area contributed by atoms with Gasteiger partial charge in [-0.2, -0.15) is 11.8 Å². The van der Waals surface area contributed by atoms with Crippen LogP contribution in [0.3, 0.4) is 0 Å². The second-order valence-electron chi connectivity index (χ2n) is 4.67. The maximum absolute atomic E-state index is 4.60. The molecule has 1 aromatic rings. The van der Waals surface area contributed by atoms with E-state index in [4.69, 9.17) is 0 Å². The number of aliphatic imine (C=N–C) groups is 1. The number of nitrogens with one attached hydrogen (secondary N) is 2. The molecule has 1 rings (SSSR count). The molecule has 1 heterocycles. The number of nitrogens with zero attached hydrogens (tertiary/aromatic N) is 2. The lowest BCUT2D eigenvalue weighted by molar-refractivity contribution is 0.776. The molecule has 0 aliphatic carbocycles. The number of thiazole rings is 1. The van der Waals surface area contributed by atoms with Crippen molar-refractivity contribution in [3.8, 4) is 0 Å². The van der Waals surface area contributed by atoms with Crippen molar-refractivity contribution in [2.45, 2.75) is 38.5 Å². The summed E-state index contributed by atoms with van der Waals surface area (Å²) in [7, 11) is 1.79. The van der Waals surface area contributed by atoms with Gasteiger partial charge in [-0.3, -0.25) is 4.99 Å². The van der Waals surface area contributed by atoms with E-state index in [2.05, 4.69) is 53.0 Å². The lowest BCUT2D eigenvalue weighted by Crippen LogP contribution is -2.39. The van der Waals surface area contributed by atoms with Gasteiger partial charge in [-0.1, -0.05) is 20.8 Å². The molecule has 6 heteroatoms. The minimum Gasteiger partial charge on any atom is -0.355 e. The molecule has 2 N–H and O–H groups in total. The van der Waals surface area contributed by atoms with Gasteiger partial charge in [0.25, 0.3) is 0 Å². The minimum absolute atomic E-state index is 0.491. The summed E-state index contributed by atoms with van der Waals surface area (Å²) in [5, 5.41) is 10.4. The smallest absolute Gasteiger partial charge is 0.191 e. The fourth-order valence-electron chi connectivity index (χ4n) is 1.38. The molecule has 19 heavy (non-hydrogen) atoms. The summed E-state index contributed by atoms with van der Waals surface area (Å²) in [6.45, 7) is 8.16. The number of aromatic nitrogens is 1. The summed E-state index contributed by atoms with van der Waals surface area (Å²) in [4.78, 5) is 8.81. The third-order valence-corrected chi connectivity index (χ3v) is 4.59. The van der Waals surface area contributed by atoms with Crippen LogP contribution >= 0.6 is 23.1 Å². The number of rotatable bonds is 6. The van der Waals surface area contributed by atoms with E-state index in [-0.39, 0.29) is 0 Å². The number of thioether (sulfide) groups is 1. The maximum Gasteiger partial charge on any atom is 0.191 e. The topological polar surface area (TPSA) is 49.3 Å². The summed E-state index contributed by atoms with van der Waals surface area (Å²) in [6.07, 6.45) is 2.12. The molecular weight excluding hydrogens is 276 g/mol. The third-order valence-electron chi connectivity index (χ3n) is 2.75. The van der Waals surface area contributed by atoms with Crippen LogP contribution in [-0.4, -0.2) is 36.0 Å². The van der Waals surface area contributed by atoms with E-state index in [9.17, 15) is 0 Å². The van der Waals surface area contributed by atoms with Crippen molar-refractivity contribution in [2.24, 2.45) is 4.99 Å². The van der Waals surface area contributed by atoms with Crippen LogP contribution < -0.4 is 10.6 Å². The fraction of sp³-hybridized carbons (Fsp3) is 0.692. The van der Waals surface area contributed by atoms with Crippen LogP contribution in [0.25, 0.3) is 0 Å². The highest BCUT2D eigenvalue weighted by Gasteiger charge is 2.07. The van der Waals surface area contributed by atoms with Crippen LogP contribution in [-0.2, 0) is 6.54 Å². The zero-order valence-corrected chi connectivity index (χ0v) is 14.0. The molecule has 1 atom stereocenters. The first-order valence-electron chi connectivity index (χ1n) is 6.48. The summed E-state index contributed by atoms with van der Waals surface area (Å²) in [5.74, 6) is 1.33. The van der Waals surface area contributed by atoms with Gasteiger partial charge in [-0.15, -0.1) is 11.3 Å². The molecule has 0 fully saturated rings. The van der Waals surface area contributed by atoms with Crippen molar-refractivity contribution in [1.82, 2.24) is 15.6 Å². The molecule has 0 aliphatic rings. The van der Waals surface area contributed by atoms with E-state index in [1.807, 2.05) is 11.8 Å². The Labute approximate surface area is 124 Å². The highest BCUT2D eigenvalue weighted by Crippen LogP contribution is 2.17. The first-order chi connectivity index (χ1) is 9.06. The van der Waals surface area contributed by atoms with Gasteiger partial charge in [0.15, 0.2) is 5.96 Å². The Kier molecular flexibility index (Phi) is 7.23. The van der Waals surface area contributed by atoms with E-state index < -0.39 is 0 Å². The Hall–Kier alpha value is -0.750. The van der Waals surface area contributed by atoms with Crippen LogP contribution in [0.4, 0.5) is 0 Å². The monoisotopic (exact) mass is 300 g/mol. The molecule has 1 unspecified atom stereocenters. The molecule has 1 aromatic heterocycles. The molecule has 0 spiro atoms. The van der Waals surface area contributed by atoms with E-state index in [1.54, 1.807) is 18.4 Å². The first-order valence-corrected chi connectivity index (χ1v) is 8.65. The second-order valence-corrected chi connectivity index (χ2v) is 6.89. The predicted octanol–water partition coefficient (Wildman–Crippen LogP) is 2.68. The number of hydrogen-bond donors (Lipinski definition) is 2. The number of guanidine groups is 1. The molecule has 0 aliphatic heterocycles. The highest BCUT2D eigenvalue weighted by atomic mass is 32.2. The highest BCUT2D eigenvalue weighted by molar-refractivity contribution is 7.99. The zero-order valence-electron chi connectivity index (χ0n) is 12.4. The summed E-state index contributed by atoms with van der Waals surface area (Å²) < 4.78 is 0. The zero-order chi connectivity index (χ0) is 14.3. The molecule has 4 nitrogen and oxygen atoms in total. The Balaban J connectivity index is 2.40. The van der Waals surface area contributed by atoms with E-state index in [1.165, 1.54) is 5.69 Å². The fourth-order valence-corrected chi connectivity index (χ4v) is 2.52. The molecule has 0 bridgehead atoms. The number of hydrogen-bond acceptors (Lipinski definition) is 4. The van der Waals surface area contributed by atoms with Crippen molar-refractivity contribution in [3.63, 3.8) is 0 Å². The van der Waals surface area contributed by atoms with Gasteiger partial charge >= 0.3 is 0 Å². The minimum atomic E-state index is 0.491. The van der Waals surface area contributed by atoms with Crippen molar-refractivity contribution in [2.75, 3.05) is 19.8 Å². The Morgan fingerprint density at radius 3 is 2.68 bits per heavy atom. The molecular formula is C13H24N4S2. The average Bonchev–Trinajstić information content (AvgIpc) is 2.87. The first kappa shape index (κ1) is 16.3. The summed E-state index contributed by atoms with van der Waals surface area (Å²) in [5.41, 5.74) is 1.17. The van der Waals surface area contributed by atoms with Gasteiger partial charge in [-0.05, 0) is 12.2 Å². The molecule has 0 saturated heterocycles. The van der Waals surface area contributed by atoms with Gasteiger partial charge < -0.3 is 10.6 Å². The van der Waals surface area contributed by atoms with Gasteiger partial charge in [0, 0.05) is 24.2 Å². The molecule has 0 saturated carbocycles. The van der Waals surface area contributed by atoms with E-state index in [0.717, 1.165) is 24.1 Å². The summed E-state index contributed by atoms with van der Waals surface area (Å²) in [6, 6.07) is 0. The van der Waals surface area contributed by atoms with Gasteiger partial charge in [-0.25, -0.2) is 4.98 Å². The standard InChI is InChI=1S/C13H24N4S2/c1-9(2)11-8-19-12(17-11)7-16-13(14-4)15-6-10(3)18-5/h8-10H,6-7H2,1-5H3,(H2,14,15,16). The van der Waals surface area contributed by atoms with Crippen LogP contribution in [0.2, 0.25) is 0 Å². The lowest BCUT2D eigenvalue weighted by Gasteiger charge is -2.13. The van der Waals surface area contributed by atoms with Crippen molar-refractivity contribution in [1.29, 1.82) is 0 Å². The van der Waals surface area contributed by atoms with Gasteiger partial charge in [0.1, 0.15) is 5.01 Å². The van der Waals surface area contributed by atoms with Crippen molar-refractivity contribution in [3.05, 3.63) is 16.1 Å². The van der Waals surface area contributed by atoms with Crippen LogP contribution in [0.5, 0.6) is 0 Å². The van der Waals surface area contributed by atoms with Crippen molar-refractivity contribution >= 4 is 29.1 Å².